The van der Waals surface area contributed by atoms with E-state index < -0.39 is 0 Å². The minimum absolute atomic E-state index is 0.0942. The average Bonchev–Trinajstić information content (AvgIpc) is 3.59. The molecule has 1 amide bonds. The number of aromatic nitrogens is 1. The molecule has 0 radical (unpaired) electrons. The van der Waals surface area contributed by atoms with Crippen LogP contribution in [0.3, 0.4) is 0 Å². The Bertz CT molecular complexity index is 1310. The Labute approximate surface area is 195 Å². The van der Waals surface area contributed by atoms with Crippen molar-refractivity contribution in [3.8, 4) is 11.4 Å². The zero-order valence-corrected chi connectivity index (χ0v) is 18.7. The first-order valence-corrected chi connectivity index (χ1v) is 11.2. The molecule has 1 fully saturated rings. The Morgan fingerprint density at radius 3 is 2.58 bits per heavy atom. The van der Waals surface area contributed by atoms with E-state index >= 15 is 0 Å². The molecule has 0 bridgehead atoms. The fraction of sp³-hybridized carbons (Fsp3) is 0.0769. The number of aliphatic imine (C=N–C) groups is 1. The number of benzene rings is 2. The molecule has 2 aromatic heterocycles. The number of methoxy groups -OCH3 is 1. The third-order valence-electron chi connectivity index (χ3n) is 5.15. The lowest BCUT2D eigenvalue weighted by molar-refractivity contribution is -0.122. The van der Waals surface area contributed by atoms with Gasteiger partial charge in [0.1, 0.15) is 11.5 Å². The van der Waals surface area contributed by atoms with Crippen molar-refractivity contribution >= 4 is 34.6 Å². The quantitative estimate of drug-likeness (QED) is 0.341. The van der Waals surface area contributed by atoms with E-state index in [0.29, 0.717) is 22.4 Å². The summed E-state index contributed by atoms with van der Waals surface area (Å²) in [5.41, 5.74) is 2.74. The second-order valence-electron chi connectivity index (χ2n) is 7.36. The number of thioether (sulfide) groups is 1. The fourth-order valence-electron chi connectivity index (χ4n) is 3.47. The first-order chi connectivity index (χ1) is 16.2. The number of nitrogens with zero attached hydrogens (tertiary/aromatic N) is 3. The zero-order valence-electron chi connectivity index (χ0n) is 17.9. The monoisotopic (exact) mass is 455 g/mol. The zero-order chi connectivity index (χ0) is 22.6. The van der Waals surface area contributed by atoms with Crippen LogP contribution < -0.4 is 4.74 Å². The van der Waals surface area contributed by atoms with Crippen molar-refractivity contribution in [3.05, 3.63) is 108 Å². The van der Waals surface area contributed by atoms with Crippen molar-refractivity contribution in [2.24, 2.45) is 4.99 Å². The maximum atomic E-state index is 13.3. The van der Waals surface area contributed by atoms with E-state index in [9.17, 15) is 4.79 Å². The largest absolute Gasteiger partial charge is 0.497 e. The summed E-state index contributed by atoms with van der Waals surface area (Å²) in [7, 11) is 1.65. The highest BCUT2D eigenvalue weighted by atomic mass is 32.2. The second kappa shape index (κ2) is 9.26. The van der Waals surface area contributed by atoms with Gasteiger partial charge in [-0.3, -0.25) is 9.69 Å². The predicted molar refractivity (Wildman–Crippen MR) is 131 cm³/mol. The van der Waals surface area contributed by atoms with E-state index in [2.05, 4.69) is 0 Å². The molecular formula is C26H21N3O3S. The summed E-state index contributed by atoms with van der Waals surface area (Å²) in [5, 5.41) is 0.628. The average molecular weight is 456 g/mol. The molecule has 164 valence electrons. The van der Waals surface area contributed by atoms with Gasteiger partial charge in [-0.25, -0.2) is 4.99 Å². The van der Waals surface area contributed by atoms with E-state index in [0.717, 1.165) is 22.7 Å². The van der Waals surface area contributed by atoms with Crippen LogP contribution in [-0.2, 0) is 11.3 Å². The van der Waals surface area contributed by atoms with Crippen LogP contribution in [0.5, 0.6) is 5.75 Å². The molecular weight excluding hydrogens is 434 g/mol. The van der Waals surface area contributed by atoms with Crippen LogP contribution in [0.4, 0.5) is 5.69 Å². The fourth-order valence-corrected chi connectivity index (χ4v) is 4.46. The van der Waals surface area contributed by atoms with Gasteiger partial charge in [0.05, 0.1) is 30.5 Å². The van der Waals surface area contributed by atoms with Crippen LogP contribution in [-0.4, -0.2) is 27.7 Å². The minimum atomic E-state index is -0.0942. The molecule has 1 aliphatic heterocycles. The summed E-state index contributed by atoms with van der Waals surface area (Å²) in [6, 6.07) is 23.1. The Morgan fingerprint density at radius 2 is 1.85 bits per heavy atom. The van der Waals surface area contributed by atoms with E-state index in [-0.39, 0.29) is 5.91 Å². The lowest BCUT2D eigenvalue weighted by atomic mass is 10.3. The molecule has 0 unspecified atom stereocenters. The van der Waals surface area contributed by atoms with Crippen molar-refractivity contribution in [2.75, 3.05) is 7.11 Å². The molecule has 0 aliphatic carbocycles. The lowest BCUT2D eigenvalue weighted by Crippen LogP contribution is -2.28. The van der Waals surface area contributed by atoms with Gasteiger partial charge in [-0.1, -0.05) is 18.2 Å². The number of carbonyl (C=O) groups excluding carboxylic acids is 1. The lowest BCUT2D eigenvalue weighted by Gasteiger charge is -2.13. The van der Waals surface area contributed by atoms with E-state index in [1.165, 1.54) is 11.8 Å². The van der Waals surface area contributed by atoms with Gasteiger partial charge < -0.3 is 13.7 Å². The molecule has 1 saturated heterocycles. The van der Waals surface area contributed by atoms with Crippen molar-refractivity contribution < 1.29 is 13.9 Å². The molecule has 4 aromatic rings. The Morgan fingerprint density at radius 1 is 1.03 bits per heavy atom. The number of amides is 1. The first kappa shape index (κ1) is 20.9. The number of rotatable bonds is 6. The van der Waals surface area contributed by atoms with Crippen molar-refractivity contribution in [2.45, 2.75) is 6.54 Å². The molecule has 0 atom stereocenters. The molecule has 7 heteroatoms. The van der Waals surface area contributed by atoms with Gasteiger partial charge in [-0.2, -0.15) is 0 Å². The summed E-state index contributed by atoms with van der Waals surface area (Å²) >= 11 is 1.37. The Hall–Kier alpha value is -3.97. The van der Waals surface area contributed by atoms with Gasteiger partial charge >= 0.3 is 0 Å². The molecule has 0 spiro atoms. The summed E-state index contributed by atoms with van der Waals surface area (Å²) < 4.78 is 12.7. The summed E-state index contributed by atoms with van der Waals surface area (Å²) in [5.74, 6) is 1.42. The summed E-state index contributed by atoms with van der Waals surface area (Å²) in [4.78, 5) is 20.3. The van der Waals surface area contributed by atoms with Crippen LogP contribution >= 0.6 is 11.8 Å². The topological polar surface area (TPSA) is 60.0 Å². The van der Waals surface area contributed by atoms with Gasteiger partial charge in [0.15, 0.2) is 5.17 Å². The number of hydrogen-bond acceptors (Lipinski definition) is 5. The SMILES string of the molecule is COc1ccc(-n2ccc(/C=C3/SC(=Nc4ccccc4)N(Cc4ccco4)C3=O)c2)cc1. The molecule has 6 nitrogen and oxygen atoms in total. The maximum absolute atomic E-state index is 13.3. The normalized spacial score (nSPS) is 16.2. The molecule has 3 heterocycles. The number of ether oxygens (including phenoxy) is 1. The third kappa shape index (κ3) is 4.63. The van der Waals surface area contributed by atoms with Crippen molar-refractivity contribution in [1.82, 2.24) is 9.47 Å². The van der Waals surface area contributed by atoms with E-state index in [1.54, 1.807) is 18.3 Å². The Balaban J connectivity index is 1.43. The van der Waals surface area contributed by atoms with E-state index in [1.807, 2.05) is 95.8 Å². The van der Waals surface area contributed by atoms with Crippen LogP contribution in [0, 0.1) is 0 Å². The highest BCUT2D eigenvalue weighted by molar-refractivity contribution is 8.18. The van der Waals surface area contributed by atoms with Gasteiger partial charge in [0, 0.05) is 18.1 Å². The smallest absolute Gasteiger partial charge is 0.267 e. The number of carbonyl (C=O) groups is 1. The molecule has 0 N–H and O–H groups in total. The highest BCUT2D eigenvalue weighted by Crippen LogP contribution is 2.35. The molecule has 1 aliphatic rings. The van der Waals surface area contributed by atoms with Gasteiger partial charge in [0.2, 0.25) is 0 Å². The predicted octanol–water partition coefficient (Wildman–Crippen LogP) is 5.88. The molecule has 5 rings (SSSR count). The highest BCUT2D eigenvalue weighted by Gasteiger charge is 2.34. The third-order valence-corrected chi connectivity index (χ3v) is 6.15. The van der Waals surface area contributed by atoms with Crippen LogP contribution in [0.25, 0.3) is 11.8 Å². The van der Waals surface area contributed by atoms with Crippen molar-refractivity contribution in [1.29, 1.82) is 0 Å². The Kier molecular flexibility index (Phi) is 5.87. The number of furan rings is 1. The van der Waals surface area contributed by atoms with Crippen LogP contribution in [0.2, 0.25) is 0 Å². The van der Waals surface area contributed by atoms with Crippen molar-refractivity contribution in [3.63, 3.8) is 0 Å². The number of para-hydroxylation sites is 1. The van der Waals surface area contributed by atoms with Gasteiger partial charge in [-0.15, -0.1) is 0 Å². The van der Waals surface area contributed by atoms with E-state index in [4.69, 9.17) is 14.1 Å². The van der Waals surface area contributed by atoms with Crippen LogP contribution in [0.1, 0.15) is 11.3 Å². The summed E-state index contributed by atoms with van der Waals surface area (Å²) in [6.07, 6.45) is 7.47. The maximum Gasteiger partial charge on any atom is 0.267 e. The molecule has 0 saturated carbocycles. The molecule has 33 heavy (non-hydrogen) atoms. The van der Waals surface area contributed by atoms with Crippen LogP contribution in [0.15, 0.2) is 106 Å². The van der Waals surface area contributed by atoms with Gasteiger partial charge in [0.25, 0.3) is 5.91 Å². The number of amidine groups is 1. The second-order valence-corrected chi connectivity index (χ2v) is 8.37. The summed E-state index contributed by atoms with van der Waals surface area (Å²) in [6.45, 7) is 0.328. The molecule has 2 aromatic carbocycles. The minimum Gasteiger partial charge on any atom is -0.497 e. The first-order valence-electron chi connectivity index (χ1n) is 10.4. The standard InChI is InChI=1S/C26H21N3O3S/c1-31-22-11-9-21(10-12-22)28-14-13-19(17-28)16-24-25(30)29(18-23-8-5-15-32-23)26(33-24)27-20-6-3-2-4-7-20/h2-17H,18H2,1H3/b24-16+,27-26?. The number of hydrogen-bond donors (Lipinski definition) is 0. The van der Waals surface area contributed by atoms with Gasteiger partial charge in [-0.05, 0) is 78.0 Å².